The Hall–Kier alpha value is -0.950. The number of nitrogens with zero attached hydrogens (tertiary/aromatic N) is 2. The van der Waals surface area contributed by atoms with Crippen LogP contribution in [-0.2, 0) is 16.4 Å². The molecular weight excluding hydrogens is 376 g/mol. The molecule has 7 heteroatoms. The molecule has 0 aliphatic carbocycles. The summed E-state index contributed by atoms with van der Waals surface area (Å²) >= 11 is 9.13. The number of hydrogen-bond acceptors (Lipinski definition) is 3. The number of aromatic nitrogens is 1. The lowest BCUT2D eigenvalue weighted by atomic mass is 10.2. The lowest BCUT2D eigenvalue weighted by Gasteiger charge is -2.17. The summed E-state index contributed by atoms with van der Waals surface area (Å²) in [5, 5.41) is 0.480. The molecule has 0 saturated carbocycles. The van der Waals surface area contributed by atoms with Crippen LogP contribution in [0.5, 0.6) is 0 Å². The number of sulfonamides is 1. The Kier molecular flexibility index (Phi) is 5.37. The van der Waals surface area contributed by atoms with Crippen molar-refractivity contribution in [3.05, 3.63) is 57.8 Å². The van der Waals surface area contributed by atoms with Crippen molar-refractivity contribution in [2.24, 2.45) is 0 Å². The Labute approximate surface area is 137 Å². The minimum Gasteiger partial charge on any atom is -0.265 e. The number of likely N-dealkylation sites (N-methyl/N-ethyl adjacent to an activating group) is 1. The van der Waals surface area contributed by atoms with Crippen LogP contribution in [0, 0.1) is 0 Å². The Bertz CT molecular complexity index is 723. The lowest BCUT2D eigenvalue weighted by Crippen LogP contribution is -2.29. The van der Waals surface area contributed by atoms with E-state index < -0.39 is 10.0 Å². The molecule has 0 bridgehead atoms. The molecule has 0 aliphatic rings. The van der Waals surface area contributed by atoms with Crippen molar-refractivity contribution in [3.63, 3.8) is 0 Å². The average Bonchev–Trinajstić information content (AvgIpc) is 2.48. The fourth-order valence-corrected chi connectivity index (χ4v) is 3.62. The van der Waals surface area contributed by atoms with Gasteiger partial charge in [-0.05, 0) is 58.2 Å². The summed E-state index contributed by atoms with van der Waals surface area (Å²) in [6, 6.07) is 8.33. The van der Waals surface area contributed by atoms with Crippen LogP contribution in [0.1, 0.15) is 5.56 Å². The van der Waals surface area contributed by atoms with Gasteiger partial charge < -0.3 is 0 Å². The molecule has 0 unspecified atom stereocenters. The summed E-state index contributed by atoms with van der Waals surface area (Å²) in [5.41, 5.74) is 1.05. The molecule has 21 heavy (non-hydrogen) atoms. The Morgan fingerprint density at radius 1 is 1.24 bits per heavy atom. The van der Waals surface area contributed by atoms with Crippen molar-refractivity contribution >= 4 is 37.6 Å². The van der Waals surface area contributed by atoms with Crippen molar-refractivity contribution in [2.75, 3.05) is 13.6 Å². The number of hydrogen-bond donors (Lipinski definition) is 0. The highest BCUT2D eigenvalue weighted by Gasteiger charge is 2.21. The van der Waals surface area contributed by atoms with Crippen molar-refractivity contribution in [2.45, 2.75) is 11.3 Å². The van der Waals surface area contributed by atoms with Crippen LogP contribution in [-0.4, -0.2) is 31.3 Å². The van der Waals surface area contributed by atoms with Gasteiger partial charge >= 0.3 is 0 Å². The minimum atomic E-state index is -3.52. The summed E-state index contributed by atoms with van der Waals surface area (Å²) in [6.45, 7) is 0.395. The second kappa shape index (κ2) is 6.87. The van der Waals surface area contributed by atoms with Gasteiger partial charge in [-0.25, -0.2) is 12.7 Å². The van der Waals surface area contributed by atoms with Gasteiger partial charge in [-0.15, -0.1) is 0 Å². The molecular formula is C14H14BrClN2O2S. The van der Waals surface area contributed by atoms with Crippen LogP contribution in [0.3, 0.4) is 0 Å². The van der Waals surface area contributed by atoms with Gasteiger partial charge in [0.1, 0.15) is 0 Å². The zero-order valence-electron chi connectivity index (χ0n) is 11.3. The van der Waals surface area contributed by atoms with Crippen molar-refractivity contribution in [3.8, 4) is 0 Å². The maximum Gasteiger partial charge on any atom is 0.242 e. The first-order valence-electron chi connectivity index (χ1n) is 6.21. The molecule has 0 saturated heterocycles. The van der Waals surface area contributed by atoms with Crippen LogP contribution in [0.2, 0.25) is 5.02 Å². The first-order chi connectivity index (χ1) is 9.91. The fourth-order valence-electron chi connectivity index (χ4n) is 1.77. The van der Waals surface area contributed by atoms with Gasteiger partial charge in [-0.1, -0.05) is 11.6 Å². The molecule has 0 radical (unpaired) electrons. The number of halogens is 2. The van der Waals surface area contributed by atoms with Gasteiger partial charge in [0.2, 0.25) is 10.0 Å². The molecule has 0 atom stereocenters. The molecule has 2 rings (SSSR count). The van der Waals surface area contributed by atoms with Crippen LogP contribution in [0.15, 0.2) is 52.1 Å². The molecule has 0 amide bonds. The van der Waals surface area contributed by atoms with Crippen LogP contribution < -0.4 is 0 Å². The van der Waals surface area contributed by atoms with Gasteiger partial charge in [0, 0.05) is 30.5 Å². The van der Waals surface area contributed by atoms with Crippen molar-refractivity contribution < 1.29 is 8.42 Å². The van der Waals surface area contributed by atoms with E-state index in [0.717, 1.165) is 5.56 Å². The molecule has 0 N–H and O–H groups in total. The average molecular weight is 390 g/mol. The predicted octanol–water partition coefficient (Wildman–Crippen LogP) is 3.36. The van der Waals surface area contributed by atoms with Crippen LogP contribution >= 0.6 is 27.5 Å². The maximum absolute atomic E-state index is 12.5. The van der Waals surface area contributed by atoms with Gasteiger partial charge in [0.15, 0.2) is 0 Å². The van der Waals surface area contributed by atoms with Gasteiger partial charge in [-0.2, -0.15) is 0 Å². The Morgan fingerprint density at radius 2 is 1.90 bits per heavy atom. The zero-order valence-corrected chi connectivity index (χ0v) is 14.5. The summed E-state index contributed by atoms with van der Waals surface area (Å²) in [4.78, 5) is 4.16. The van der Waals surface area contributed by atoms with E-state index in [1.54, 1.807) is 25.5 Å². The first-order valence-corrected chi connectivity index (χ1v) is 8.82. The summed E-state index contributed by atoms with van der Waals surface area (Å²) in [7, 11) is -1.95. The van der Waals surface area contributed by atoms with E-state index in [1.807, 2.05) is 12.1 Å². The second-order valence-corrected chi connectivity index (χ2v) is 7.81. The van der Waals surface area contributed by atoms with E-state index in [2.05, 4.69) is 20.9 Å². The standard InChI is InChI=1S/C14H14BrClN2O2S/c1-18(9-6-11-4-7-17-8-5-11)21(19,20)12-2-3-14(16)13(15)10-12/h2-5,7-8,10H,6,9H2,1H3. The molecule has 4 nitrogen and oxygen atoms in total. The van der Waals surface area contributed by atoms with Gasteiger partial charge in [-0.3, -0.25) is 4.98 Å². The number of benzene rings is 1. The van der Waals surface area contributed by atoms with E-state index in [-0.39, 0.29) is 4.90 Å². The normalized spacial score (nSPS) is 11.8. The quantitative estimate of drug-likeness (QED) is 0.788. The third-order valence-corrected chi connectivity index (χ3v) is 6.13. The molecule has 112 valence electrons. The third kappa shape index (κ3) is 4.03. The highest BCUT2D eigenvalue weighted by atomic mass is 79.9. The molecule has 1 aromatic carbocycles. The highest BCUT2D eigenvalue weighted by molar-refractivity contribution is 9.10. The fraction of sp³-hybridized carbons (Fsp3) is 0.214. The second-order valence-electron chi connectivity index (χ2n) is 4.51. The first kappa shape index (κ1) is 16.4. The van der Waals surface area contributed by atoms with E-state index in [1.165, 1.54) is 16.4 Å². The largest absolute Gasteiger partial charge is 0.265 e. The SMILES string of the molecule is CN(CCc1ccncc1)S(=O)(=O)c1ccc(Cl)c(Br)c1. The Balaban J connectivity index is 2.13. The van der Waals surface area contributed by atoms with Crippen LogP contribution in [0.4, 0.5) is 0 Å². The van der Waals surface area contributed by atoms with Crippen LogP contribution in [0.25, 0.3) is 0 Å². The highest BCUT2D eigenvalue weighted by Crippen LogP contribution is 2.26. The predicted molar refractivity (Wildman–Crippen MR) is 86.9 cm³/mol. The van der Waals surface area contributed by atoms with E-state index in [0.29, 0.717) is 22.5 Å². The van der Waals surface area contributed by atoms with Crippen molar-refractivity contribution in [1.29, 1.82) is 0 Å². The molecule has 2 aromatic rings. The summed E-state index contributed by atoms with van der Waals surface area (Å²) in [6.07, 6.45) is 4.02. The maximum atomic E-state index is 12.5. The van der Waals surface area contributed by atoms with E-state index in [9.17, 15) is 8.42 Å². The third-order valence-electron chi connectivity index (χ3n) is 3.06. The molecule has 0 spiro atoms. The lowest BCUT2D eigenvalue weighted by molar-refractivity contribution is 0.472. The molecule has 1 aromatic heterocycles. The van der Waals surface area contributed by atoms with E-state index >= 15 is 0 Å². The summed E-state index contributed by atoms with van der Waals surface area (Å²) in [5.74, 6) is 0. The molecule has 1 heterocycles. The summed E-state index contributed by atoms with van der Waals surface area (Å²) < 4.78 is 26.8. The van der Waals surface area contributed by atoms with Gasteiger partial charge in [0.05, 0.1) is 9.92 Å². The Morgan fingerprint density at radius 3 is 2.52 bits per heavy atom. The monoisotopic (exact) mass is 388 g/mol. The van der Waals surface area contributed by atoms with E-state index in [4.69, 9.17) is 11.6 Å². The number of pyridine rings is 1. The van der Waals surface area contributed by atoms with Gasteiger partial charge in [0.25, 0.3) is 0 Å². The minimum absolute atomic E-state index is 0.219. The zero-order chi connectivity index (χ0) is 15.5. The topological polar surface area (TPSA) is 50.3 Å². The molecule has 0 fully saturated rings. The smallest absolute Gasteiger partial charge is 0.242 e. The molecule has 0 aliphatic heterocycles. The van der Waals surface area contributed by atoms with Crippen molar-refractivity contribution in [1.82, 2.24) is 9.29 Å². The number of rotatable bonds is 5.